The van der Waals surface area contributed by atoms with Gasteiger partial charge in [-0.2, -0.15) is 0 Å². The second-order valence-corrected chi connectivity index (χ2v) is 9.04. The van der Waals surface area contributed by atoms with Gasteiger partial charge in [-0.05, 0) is 55.5 Å². The largest absolute Gasteiger partial charge is 0.452 e. The van der Waals surface area contributed by atoms with Crippen LogP contribution < -0.4 is 10.2 Å². The summed E-state index contributed by atoms with van der Waals surface area (Å²) in [7, 11) is 0. The molecule has 2 aliphatic carbocycles. The Labute approximate surface area is 195 Å². The molecule has 1 saturated carbocycles. The monoisotopic (exact) mass is 464 g/mol. The summed E-state index contributed by atoms with van der Waals surface area (Å²) in [6.45, 7) is 1.51. The first-order chi connectivity index (χ1) is 15.8. The van der Waals surface area contributed by atoms with E-state index in [-0.39, 0.29) is 41.0 Å². The number of amides is 3. The number of nitrogens with zero attached hydrogens (tertiary/aromatic N) is 1. The molecule has 5 rings (SSSR count). The fraction of sp³-hybridized carbons (Fsp3) is 0.280. The molecular weight excluding hydrogens is 444 g/mol. The second kappa shape index (κ2) is 8.15. The number of hydrogen-bond acceptors (Lipinski definition) is 5. The molecule has 3 aliphatic rings. The highest BCUT2D eigenvalue weighted by Gasteiger charge is 2.60. The van der Waals surface area contributed by atoms with Gasteiger partial charge in [0.2, 0.25) is 11.8 Å². The number of nitrogens with one attached hydrogen (secondary N) is 1. The Hall–Kier alpha value is -3.45. The summed E-state index contributed by atoms with van der Waals surface area (Å²) in [5.74, 6) is -2.13. The number of para-hydroxylation sites is 1. The third kappa shape index (κ3) is 3.62. The molecule has 3 amide bonds. The summed E-state index contributed by atoms with van der Waals surface area (Å²) >= 11 is 6.01. The smallest absolute Gasteiger partial charge is 0.338 e. The molecule has 1 aliphatic heterocycles. The average molecular weight is 465 g/mol. The first-order valence-corrected chi connectivity index (χ1v) is 11.1. The number of ether oxygens (including phenoxy) is 1. The number of hydrogen-bond donors (Lipinski definition) is 1. The summed E-state index contributed by atoms with van der Waals surface area (Å²) in [6.07, 6.45) is 2.97. The van der Waals surface area contributed by atoms with E-state index in [4.69, 9.17) is 16.3 Å². The Kier molecular flexibility index (Phi) is 5.29. The minimum atomic E-state index is -0.733. The number of benzene rings is 2. The number of imide groups is 1. The van der Waals surface area contributed by atoms with Crippen molar-refractivity contribution in [3.63, 3.8) is 0 Å². The molecule has 0 radical (unpaired) electrons. The Bertz CT molecular complexity index is 1220. The van der Waals surface area contributed by atoms with Crippen molar-refractivity contribution in [1.29, 1.82) is 0 Å². The highest BCUT2D eigenvalue weighted by Crippen LogP contribution is 2.55. The summed E-state index contributed by atoms with van der Waals surface area (Å²) in [6, 6.07) is 12.9. The third-order valence-electron chi connectivity index (χ3n) is 6.70. The number of esters is 1. The van der Waals surface area contributed by atoms with E-state index >= 15 is 0 Å². The molecule has 1 saturated heterocycles. The van der Waals surface area contributed by atoms with E-state index in [9.17, 15) is 19.2 Å². The van der Waals surface area contributed by atoms with E-state index in [0.717, 1.165) is 6.42 Å². The fourth-order valence-corrected chi connectivity index (χ4v) is 5.45. The molecule has 2 aromatic carbocycles. The molecule has 168 valence electrons. The number of carbonyl (C=O) groups is 4. The SMILES string of the molecule is CC1=C[C@H]2C[C@H]1[C@@H]1C(=O)N(c3cccc(C(=O)OCC(=O)Nc4ccccc4Cl)c3)C(=O)[C@H]12. The van der Waals surface area contributed by atoms with Gasteiger partial charge in [0.05, 0.1) is 33.8 Å². The Balaban J connectivity index is 1.26. The van der Waals surface area contributed by atoms with Crippen LogP contribution in [0.3, 0.4) is 0 Å². The standard InChI is InChI=1S/C25H21ClN2O5/c1-13-9-15-11-17(13)22-21(15)23(30)28(24(22)31)16-6-4-5-14(10-16)25(32)33-12-20(29)27-19-8-3-2-7-18(19)26/h2-10,15,17,21-22H,11-12H2,1H3,(H,27,29)/t15-,17+,21-,22-/m0/s1. The van der Waals surface area contributed by atoms with Gasteiger partial charge in [0.1, 0.15) is 0 Å². The first-order valence-electron chi connectivity index (χ1n) is 10.7. The van der Waals surface area contributed by atoms with Crippen LogP contribution in [0.15, 0.2) is 60.2 Å². The van der Waals surface area contributed by atoms with Gasteiger partial charge in [-0.1, -0.05) is 41.4 Å². The van der Waals surface area contributed by atoms with E-state index < -0.39 is 18.5 Å². The summed E-state index contributed by atoms with van der Waals surface area (Å²) in [4.78, 5) is 52.1. The van der Waals surface area contributed by atoms with E-state index in [1.807, 2.05) is 6.92 Å². The summed E-state index contributed by atoms with van der Waals surface area (Å²) in [5, 5.41) is 2.94. The maximum absolute atomic E-state index is 13.1. The van der Waals surface area contributed by atoms with Gasteiger partial charge in [0.15, 0.2) is 6.61 Å². The molecule has 0 spiro atoms. The van der Waals surface area contributed by atoms with Crippen molar-refractivity contribution in [1.82, 2.24) is 0 Å². The van der Waals surface area contributed by atoms with Crippen molar-refractivity contribution in [3.8, 4) is 0 Å². The van der Waals surface area contributed by atoms with E-state index in [0.29, 0.717) is 16.4 Å². The van der Waals surface area contributed by atoms with Crippen molar-refractivity contribution in [2.75, 3.05) is 16.8 Å². The Morgan fingerprint density at radius 1 is 1.09 bits per heavy atom. The molecule has 8 heteroatoms. The van der Waals surface area contributed by atoms with Crippen LogP contribution in [0.5, 0.6) is 0 Å². The zero-order valence-corrected chi connectivity index (χ0v) is 18.5. The van der Waals surface area contributed by atoms with Crippen LogP contribution in [0.2, 0.25) is 5.02 Å². The third-order valence-corrected chi connectivity index (χ3v) is 7.03. The van der Waals surface area contributed by atoms with Gasteiger partial charge >= 0.3 is 5.97 Å². The van der Waals surface area contributed by atoms with Gasteiger partial charge in [-0.3, -0.25) is 14.4 Å². The minimum absolute atomic E-state index is 0.103. The maximum Gasteiger partial charge on any atom is 0.338 e. The lowest BCUT2D eigenvalue weighted by atomic mass is 9.82. The van der Waals surface area contributed by atoms with E-state index in [1.165, 1.54) is 22.6 Å². The van der Waals surface area contributed by atoms with Crippen molar-refractivity contribution in [2.24, 2.45) is 23.7 Å². The molecule has 2 aromatic rings. The van der Waals surface area contributed by atoms with E-state index in [2.05, 4.69) is 11.4 Å². The molecular formula is C25H21ClN2O5. The van der Waals surface area contributed by atoms with Crippen LogP contribution in [0.1, 0.15) is 23.7 Å². The maximum atomic E-state index is 13.1. The summed E-state index contributed by atoms with van der Waals surface area (Å²) < 4.78 is 5.12. The number of rotatable bonds is 5. The number of anilines is 2. The highest BCUT2D eigenvalue weighted by atomic mass is 35.5. The lowest BCUT2D eigenvalue weighted by Gasteiger charge is -2.19. The second-order valence-electron chi connectivity index (χ2n) is 8.63. The van der Waals surface area contributed by atoms with Crippen LogP contribution in [-0.2, 0) is 19.1 Å². The van der Waals surface area contributed by atoms with Crippen LogP contribution in [0, 0.1) is 23.7 Å². The molecule has 1 N–H and O–H groups in total. The fourth-order valence-electron chi connectivity index (χ4n) is 5.26. The quantitative estimate of drug-likeness (QED) is 0.412. The van der Waals surface area contributed by atoms with Gasteiger partial charge in [-0.25, -0.2) is 9.69 Å². The van der Waals surface area contributed by atoms with Gasteiger partial charge in [-0.15, -0.1) is 0 Å². The van der Waals surface area contributed by atoms with Gasteiger partial charge in [0.25, 0.3) is 5.91 Å². The van der Waals surface area contributed by atoms with Crippen molar-refractivity contribution in [3.05, 3.63) is 70.8 Å². The van der Waals surface area contributed by atoms with Crippen molar-refractivity contribution in [2.45, 2.75) is 13.3 Å². The van der Waals surface area contributed by atoms with E-state index in [1.54, 1.807) is 36.4 Å². The molecule has 2 bridgehead atoms. The minimum Gasteiger partial charge on any atom is -0.452 e. The van der Waals surface area contributed by atoms with Crippen molar-refractivity contribution < 1.29 is 23.9 Å². The summed E-state index contributed by atoms with van der Waals surface area (Å²) in [5.41, 5.74) is 2.08. The molecule has 0 unspecified atom stereocenters. The van der Waals surface area contributed by atoms with Gasteiger partial charge < -0.3 is 10.1 Å². The lowest BCUT2D eigenvalue weighted by molar-refractivity contribution is -0.123. The normalized spacial score (nSPS) is 25.2. The zero-order chi connectivity index (χ0) is 23.3. The topological polar surface area (TPSA) is 92.8 Å². The molecule has 33 heavy (non-hydrogen) atoms. The molecule has 0 aromatic heterocycles. The van der Waals surface area contributed by atoms with Crippen LogP contribution in [-0.4, -0.2) is 30.3 Å². The number of fused-ring (bicyclic) bond motifs is 5. The number of carbonyl (C=O) groups excluding carboxylic acids is 4. The highest BCUT2D eigenvalue weighted by molar-refractivity contribution is 6.33. The van der Waals surface area contributed by atoms with Crippen molar-refractivity contribution >= 4 is 46.7 Å². The van der Waals surface area contributed by atoms with Crippen LogP contribution in [0.4, 0.5) is 11.4 Å². The number of allylic oxidation sites excluding steroid dienone is 2. The molecule has 4 atom stereocenters. The Morgan fingerprint density at radius 3 is 2.64 bits per heavy atom. The van der Waals surface area contributed by atoms with Crippen LogP contribution in [0.25, 0.3) is 0 Å². The molecule has 2 fully saturated rings. The number of halogens is 1. The van der Waals surface area contributed by atoms with Crippen LogP contribution >= 0.6 is 11.6 Å². The molecule has 1 heterocycles. The predicted octanol–water partition coefficient (Wildman–Crippen LogP) is 3.84. The lowest BCUT2D eigenvalue weighted by Crippen LogP contribution is -2.33. The Morgan fingerprint density at radius 2 is 1.85 bits per heavy atom. The van der Waals surface area contributed by atoms with Gasteiger partial charge in [0, 0.05) is 0 Å². The zero-order valence-electron chi connectivity index (χ0n) is 17.8. The average Bonchev–Trinajstić information content (AvgIpc) is 3.44. The molecule has 7 nitrogen and oxygen atoms in total. The first kappa shape index (κ1) is 21.4. The predicted molar refractivity (Wildman–Crippen MR) is 122 cm³/mol.